The number of nitrogens with zero attached hydrogens (tertiary/aromatic N) is 3. The average Bonchev–Trinajstić information content (AvgIpc) is 3.05. The average molecular weight is 674 g/mol. The number of ether oxygens (including phenoxy) is 1. The predicted octanol–water partition coefficient (Wildman–Crippen LogP) is 6.44. The van der Waals surface area contributed by atoms with Crippen molar-refractivity contribution in [3.05, 3.63) is 59.4 Å². The Labute approximate surface area is 279 Å². The lowest BCUT2D eigenvalue weighted by Gasteiger charge is -2.45. The van der Waals surface area contributed by atoms with Crippen LogP contribution in [0.5, 0.6) is 5.75 Å². The smallest absolute Gasteiger partial charge is 0.418 e. The summed E-state index contributed by atoms with van der Waals surface area (Å²) in [4.78, 5) is 46.1. The van der Waals surface area contributed by atoms with Gasteiger partial charge in [0.15, 0.2) is 0 Å². The molecule has 2 aromatic rings. The molecule has 3 heterocycles. The summed E-state index contributed by atoms with van der Waals surface area (Å²) < 4.78 is 47.3. The van der Waals surface area contributed by atoms with Crippen molar-refractivity contribution in [2.75, 3.05) is 26.2 Å². The predicted molar refractivity (Wildman–Crippen MR) is 171 cm³/mol. The van der Waals surface area contributed by atoms with Crippen LogP contribution in [-0.2, 0) is 21.4 Å². The Balaban J connectivity index is 1.21. The Kier molecular flexibility index (Phi) is 11.0. The van der Waals surface area contributed by atoms with Crippen LogP contribution < -0.4 is 4.74 Å². The highest BCUT2D eigenvalue weighted by Gasteiger charge is 2.46. The van der Waals surface area contributed by atoms with Gasteiger partial charge in [-0.3, -0.25) is 19.4 Å². The molecular formula is C36H46F3N3O6. The van der Waals surface area contributed by atoms with Crippen LogP contribution in [0.3, 0.4) is 0 Å². The highest BCUT2D eigenvalue weighted by Crippen LogP contribution is 2.45. The first kappa shape index (κ1) is 35.6. The van der Waals surface area contributed by atoms with Gasteiger partial charge in [0.2, 0.25) is 5.91 Å². The maximum absolute atomic E-state index is 14.0. The zero-order chi connectivity index (χ0) is 34.5. The first-order chi connectivity index (χ1) is 22.9. The summed E-state index contributed by atoms with van der Waals surface area (Å²) in [5, 5.41) is 21.3. The van der Waals surface area contributed by atoms with Gasteiger partial charge in [0.25, 0.3) is 5.91 Å². The molecule has 0 radical (unpaired) electrons. The van der Waals surface area contributed by atoms with E-state index in [1.54, 1.807) is 4.90 Å². The minimum atomic E-state index is -4.74. The minimum Gasteiger partial charge on any atom is -0.493 e. The van der Waals surface area contributed by atoms with E-state index in [1.807, 2.05) is 31.2 Å². The van der Waals surface area contributed by atoms with E-state index in [4.69, 9.17) is 4.74 Å². The zero-order valence-corrected chi connectivity index (χ0v) is 27.5. The van der Waals surface area contributed by atoms with Gasteiger partial charge in [-0.2, -0.15) is 13.2 Å². The number of carbonyl (C=O) groups is 3. The van der Waals surface area contributed by atoms with Crippen LogP contribution in [-0.4, -0.2) is 75.1 Å². The van der Waals surface area contributed by atoms with Crippen molar-refractivity contribution < 1.29 is 42.5 Å². The molecule has 2 N–H and O–H groups in total. The van der Waals surface area contributed by atoms with Gasteiger partial charge in [-0.15, -0.1) is 0 Å². The summed E-state index contributed by atoms with van der Waals surface area (Å²) in [6.45, 7) is 3.12. The molecule has 0 spiro atoms. The number of rotatable bonds is 12. The Morgan fingerprint density at radius 2 is 1.73 bits per heavy atom. The van der Waals surface area contributed by atoms with Crippen molar-refractivity contribution in [1.82, 2.24) is 14.8 Å². The van der Waals surface area contributed by atoms with Crippen molar-refractivity contribution in [3.63, 3.8) is 0 Å². The largest absolute Gasteiger partial charge is 0.493 e. The first-order valence-electron chi connectivity index (χ1n) is 17.2. The van der Waals surface area contributed by atoms with Gasteiger partial charge < -0.3 is 24.7 Å². The molecule has 1 aromatic heterocycles. The van der Waals surface area contributed by atoms with Crippen LogP contribution in [0.2, 0.25) is 0 Å². The molecule has 1 aromatic carbocycles. The molecule has 0 bridgehead atoms. The number of unbranched alkanes of at least 4 members (excludes halogenated alkanes) is 1. The normalized spacial score (nSPS) is 22.1. The lowest BCUT2D eigenvalue weighted by Crippen LogP contribution is -2.55. The molecule has 2 unspecified atom stereocenters. The number of alkyl halides is 3. The number of aromatic nitrogens is 1. The second kappa shape index (κ2) is 14.8. The van der Waals surface area contributed by atoms with Crippen molar-refractivity contribution in [3.8, 4) is 5.75 Å². The summed E-state index contributed by atoms with van der Waals surface area (Å²) in [5.74, 6) is -1.68. The summed E-state index contributed by atoms with van der Waals surface area (Å²) in [7, 11) is 0. The van der Waals surface area contributed by atoms with E-state index in [0.717, 1.165) is 37.8 Å². The monoisotopic (exact) mass is 673 g/mol. The molecule has 48 heavy (non-hydrogen) atoms. The number of carboxylic acid groups (broad SMARTS) is 1. The number of para-hydroxylation sites is 1. The summed E-state index contributed by atoms with van der Waals surface area (Å²) in [6, 6.07) is 8.76. The minimum absolute atomic E-state index is 0.153. The van der Waals surface area contributed by atoms with E-state index in [1.165, 1.54) is 11.1 Å². The van der Waals surface area contributed by atoms with E-state index in [-0.39, 0.29) is 38.4 Å². The van der Waals surface area contributed by atoms with E-state index < -0.39 is 52.3 Å². The van der Waals surface area contributed by atoms with Gasteiger partial charge in [0.05, 0.1) is 29.1 Å². The second-order valence-corrected chi connectivity index (χ2v) is 13.6. The van der Waals surface area contributed by atoms with Gasteiger partial charge in [-0.05, 0) is 82.4 Å². The van der Waals surface area contributed by atoms with E-state index >= 15 is 0 Å². The first-order valence-corrected chi connectivity index (χ1v) is 17.2. The number of aliphatic hydroxyl groups is 1. The number of hydrogen-bond donors (Lipinski definition) is 2. The van der Waals surface area contributed by atoms with Crippen LogP contribution in [0.1, 0.15) is 106 Å². The number of likely N-dealkylation sites (tertiary alicyclic amines) is 2. The van der Waals surface area contributed by atoms with Gasteiger partial charge in [0, 0.05) is 37.4 Å². The summed E-state index contributed by atoms with van der Waals surface area (Å²) >= 11 is 0. The molecule has 3 fully saturated rings. The zero-order valence-electron chi connectivity index (χ0n) is 27.5. The second-order valence-electron chi connectivity index (χ2n) is 13.6. The quantitative estimate of drug-likeness (QED) is 0.249. The number of hydrogen-bond acceptors (Lipinski definition) is 6. The summed E-state index contributed by atoms with van der Waals surface area (Å²) in [6.07, 6.45) is 3.57. The van der Waals surface area contributed by atoms with Crippen molar-refractivity contribution in [2.45, 2.75) is 102 Å². The van der Waals surface area contributed by atoms with Crippen molar-refractivity contribution >= 4 is 17.8 Å². The lowest BCUT2D eigenvalue weighted by atomic mass is 9.66. The molecule has 262 valence electrons. The van der Waals surface area contributed by atoms with Gasteiger partial charge in [-0.25, -0.2) is 0 Å². The van der Waals surface area contributed by atoms with Crippen LogP contribution in [0.4, 0.5) is 13.2 Å². The van der Waals surface area contributed by atoms with Crippen LogP contribution >= 0.6 is 0 Å². The Morgan fingerprint density at radius 3 is 2.38 bits per heavy atom. The van der Waals surface area contributed by atoms with Gasteiger partial charge in [-0.1, -0.05) is 38.0 Å². The van der Waals surface area contributed by atoms with E-state index in [9.17, 15) is 37.8 Å². The standard InChI is InChI=1S/C36H46F3N3O6/c1-2-10-28-25(11-8-21-42(28)32(44)30-27(36(37,38)39)13-7-20-40-30)31(43)41-22-18-35(47,19-23-41)26-12-3-4-14-29(26)48-24-6-5-15-34(33(45)46)16-9-17-34/h3-4,7,12-14,20,25,28,47H,2,5-6,8-11,15-19,21-24H2,1H3,(H,45,46). The molecule has 2 aliphatic heterocycles. The van der Waals surface area contributed by atoms with Gasteiger partial charge >= 0.3 is 12.1 Å². The third-order valence-corrected chi connectivity index (χ3v) is 10.6. The maximum Gasteiger partial charge on any atom is 0.418 e. The third-order valence-electron chi connectivity index (χ3n) is 10.6. The molecular weight excluding hydrogens is 627 g/mol. The third kappa shape index (κ3) is 7.48. The molecule has 12 heteroatoms. The molecule has 2 atom stereocenters. The van der Waals surface area contributed by atoms with Crippen molar-refractivity contribution in [2.24, 2.45) is 11.3 Å². The molecule has 2 amide bonds. The molecule has 5 rings (SSSR count). The number of pyridine rings is 1. The fourth-order valence-electron chi connectivity index (χ4n) is 7.69. The number of benzene rings is 1. The van der Waals surface area contributed by atoms with E-state index in [2.05, 4.69) is 4.98 Å². The lowest BCUT2D eigenvalue weighted by molar-refractivity contribution is -0.155. The molecule has 9 nitrogen and oxygen atoms in total. The van der Waals surface area contributed by atoms with Crippen LogP contribution in [0.15, 0.2) is 42.6 Å². The number of carboxylic acids is 1. The Bertz CT molecular complexity index is 1450. The SMILES string of the molecule is CCCC1C(C(=O)N2CCC(O)(c3ccccc3OCCCCC3(C(=O)O)CCC3)CC2)CCCN1C(=O)c1ncccc1C(F)(F)F. The van der Waals surface area contributed by atoms with Crippen LogP contribution in [0.25, 0.3) is 0 Å². The molecule has 2 saturated heterocycles. The topological polar surface area (TPSA) is 120 Å². The number of amides is 2. The molecule has 1 aliphatic carbocycles. The highest BCUT2D eigenvalue weighted by molar-refractivity contribution is 5.95. The van der Waals surface area contributed by atoms with Crippen molar-refractivity contribution in [1.29, 1.82) is 0 Å². The Hall–Kier alpha value is -3.67. The van der Waals surface area contributed by atoms with Crippen LogP contribution in [0, 0.1) is 11.3 Å². The highest BCUT2D eigenvalue weighted by atomic mass is 19.4. The van der Waals surface area contributed by atoms with Gasteiger partial charge in [0.1, 0.15) is 11.4 Å². The number of halogens is 3. The van der Waals surface area contributed by atoms with E-state index in [0.29, 0.717) is 56.4 Å². The summed E-state index contributed by atoms with van der Waals surface area (Å²) in [5.41, 5.74) is -2.90. The maximum atomic E-state index is 14.0. The fraction of sp³-hybridized carbons (Fsp3) is 0.611. The Morgan fingerprint density at radius 1 is 1.00 bits per heavy atom. The number of aliphatic carboxylic acids is 1. The fourth-order valence-corrected chi connectivity index (χ4v) is 7.69. The molecule has 1 saturated carbocycles. The number of piperidine rings is 2. The molecule has 3 aliphatic rings. The number of carbonyl (C=O) groups excluding carboxylic acids is 2.